The van der Waals surface area contributed by atoms with Crippen molar-refractivity contribution in [1.82, 2.24) is 0 Å². The first-order chi connectivity index (χ1) is 13.6. The predicted octanol–water partition coefficient (Wildman–Crippen LogP) is 5.74. The SMILES string of the molecule is C=CC(=O)OC(C)OC(=O)[C@]1(C)CCC[C@@]2(C)[C@H]1CC=C1C=C(C(C)C)CC[C@@H]12. The van der Waals surface area contributed by atoms with E-state index in [4.69, 9.17) is 9.47 Å². The van der Waals surface area contributed by atoms with E-state index in [1.165, 1.54) is 12.0 Å². The Morgan fingerprint density at radius 3 is 2.59 bits per heavy atom. The van der Waals surface area contributed by atoms with Crippen molar-refractivity contribution < 1.29 is 19.1 Å². The molecular weight excluding hydrogens is 364 g/mol. The van der Waals surface area contributed by atoms with Crippen molar-refractivity contribution in [1.29, 1.82) is 0 Å². The van der Waals surface area contributed by atoms with Gasteiger partial charge in [0.15, 0.2) is 0 Å². The van der Waals surface area contributed by atoms with Gasteiger partial charge in [-0.15, -0.1) is 0 Å². The number of fused-ring (bicyclic) bond motifs is 3. The van der Waals surface area contributed by atoms with Gasteiger partial charge in [0, 0.05) is 13.0 Å². The zero-order valence-corrected chi connectivity index (χ0v) is 18.6. The quantitative estimate of drug-likeness (QED) is 0.335. The average Bonchev–Trinajstić information content (AvgIpc) is 2.67. The van der Waals surface area contributed by atoms with E-state index in [1.807, 2.05) is 0 Å². The van der Waals surface area contributed by atoms with E-state index in [2.05, 4.69) is 46.4 Å². The third kappa shape index (κ3) is 3.95. The minimum absolute atomic E-state index is 0.0934. The van der Waals surface area contributed by atoms with Crippen molar-refractivity contribution in [2.45, 2.75) is 79.4 Å². The maximum atomic E-state index is 13.2. The molecule has 0 saturated heterocycles. The molecule has 0 aromatic heterocycles. The molecule has 4 heteroatoms. The maximum absolute atomic E-state index is 13.2. The van der Waals surface area contributed by atoms with Crippen LogP contribution in [0, 0.1) is 28.6 Å². The fourth-order valence-corrected chi connectivity index (χ4v) is 6.11. The van der Waals surface area contributed by atoms with Gasteiger partial charge in [-0.3, -0.25) is 4.79 Å². The molecule has 0 aromatic carbocycles. The second-order valence-corrected chi connectivity index (χ2v) is 9.85. The van der Waals surface area contributed by atoms with Crippen LogP contribution in [0.15, 0.2) is 36.0 Å². The first-order valence-corrected chi connectivity index (χ1v) is 11.1. The summed E-state index contributed by atoms with van der Waals surface area (Å²) in [5, 5.41) is 0. The number of carbonyl (C=O) groups is 2. The van der Waals surface area contributed by atoms with Crippen LogP contribution in [0.4, 0.5) is 0 Å². The molecule has 4 nitrogen and oxygen atoms in total. The molecule has 3 aliphatic carbocycles. The number of ether oxygens (including phenoxy) is 2. The molecule has 0 amide bonds. The Labute approximate surface area is 175 Å². The summed E-state index contributed by atoms with van der Waals surface area (Å²) in [5.74, 6) is 0.509. The zero-order valence-electron chi connectivity index (χ0n) is 18.6. The molecule has 0 spiro atoms. The maximum Gasteiger partial charge on any atom is 0.333 e. The van der Waals surface area contributed by atoms with Crippen molar-refractivity contribution >= 4 is 11.9 Å². The average molecular weight is 401 g/mol. The highest BCUT2D eigenvalue weighted by Gasteiger charge is 2.57. The lowest BCUT2D eigenvalue weighted by molar-refractivity contribution is -0.198. The van der Waals surface area contributed by atoms with Crippen LogP contribution in [0.5, 0.6) is 0 Å². The lowest BCUT2D eigenvalue weighted by Gasteiger charge is -2.57. The molecule has 0 radical (unpaired) electrons. The zero-order chi connectivity index (χ0) is 21.4. The van der Waals surface area contributed by atoms with Gasteiger partial charge in [-0.1, -0.05) is 51.5 Å². The summed E-state index contributed by atoms with van der Waals surface area (Å²) in [5.41, 5.74) is 2.55. The molecule has 5 atom stereocenters. The van der Waals surface area contributed by atoms with Gasteiger partial charge < -0.3 is 9.47 Å². The molecule has 0 N–H and O–H groups in total. The first kappa shape index (κ1) is 21.9. The van der Waals surface area contributed by atoms with Gasteiger partial charge in [0.25, 0.3) is 0 Å². The molecule has 29 heavy (non-hydrogen) atoms. The van der Waals surface area contributed by atoms with Crippen molar-refractivity contribution in [3.63, 3.8) is 0 Å². The highest BCUT2D eigenvalue weighted by atomic mass is 16.7. The van der Waals surface area contributed by atoms with E-state index in [0.29, 0.717) is 11.8 Å². The van der Waals surface area contributed by atoms with Crippen molar-refractivity contribution in [3.05, 3.63) is 36.0 Å². The Hall–Kier alpha value is -1.84. The van der Waals surface area contributed by atoms with Crippen LogP contribution in [-0.4, -0.2) is 18.2 Å². The van der Waals surface area contributed by atoms with Gasteiger partial charge in [0.2, 0.25) is 6.29 Å². The second kappa shape index (κ2) is 8.12. The molecule has 0 heterocycles. The summed E-state index contributed by atoms with van der Waals surface area (Å²) in [6.45, 7) is 14.0. The van der Waals surface area contributed by atoms with Gasteiger partial charge >= 0.3 is 11.9 Å². The molecule has 3 rings (SSSR count). The van der Waals surface area contributed by atoms with Gasteiger partial charge in [-0.05, 0) is 67.8 Å². The van der Waals surface area contributed by atoms with E-state index in [1.54, 1.807) is 12.5 Å². The van der Waals surface area contributed by atoms with Gasteiger partial charge in [-0.25, -0.2) is 4.79 Å². The number of carbonyl (C=O) groups excluding carboxylic acids is 2. The lowest BCUT2D eigenvalue weighted by atomic mass is 9.47. The molecule has 0 aliphatic heterocycles. The molecule has 0 aromatic rings. The van der Waals surface area contributed by atoms with Crippen LogP contribution in [0.2, 0.25) is 0 Å². The summed E-state index contributed by atoms with van der Waals surface area (Å²) >= 11 is 0. The molecular formula is C25H36O4. The summed E-state index contributed by atoms with van der Waals surface area (Å²) in [4.78, 5) is 24.7. The normalized spacial score (nSPS) is 34.8. The van der Waals surface area contributed by atoms with Crippen LogP contribution in [0.1, 0.15) is 73.1 Å². The topological polar surface area (TPSA) is 52.6 Å². The Morgan fingerprint density at radius 2 is 1.93 bits per heavy atom. The van der Waals surface area contributed by atoms with E-state index in [9.17, 15) is 9.59 Å². The molecule has 1 fully saturated rings. The van der Waals surface area contributed by atoms with E-state index < -0.39 is 17.7 Å². The molecule has 160 valence electrons. The van der Waals surface area contributed by atoms with Crippen molar-refractivity contribution in [2.24, 2.45) is 28.6 Å². The van der Waals surface area contributed by atoms with Crippen molar-refractivity contribution in [2.75, 3.05) is 0 Å². The number of hydrogen-bond acceptors (Lipinski definition) is 4. The number of rotatable bonds is 5. The summed E-state index contributed by atoms with van der Waals surface area (Å²) in [6.07, 6.45) is 11.2. The third-order valence-corrected chi connectivity index (χ3v) is 7.77. The highest BCUT2D eigenvalue weighted by Crippen LogP contribution is 2.62. The smallest absolute Gasteiger partial charge is 0.333 e. The Kier molecular flexibility index (Phi) is 6.12. The third-order valence-electron chi connectivity index (χ3n) is 7.77. The minimum atomic E-state index is -0.904. The van der Waals surface area contributed by atoms with Crippen LogP contribution in [0.25, 0.3) is 0 Å². The van der Waals surface area contributed by atoms with Crippen LogP contribution >= 0.6 is 0 Å². The standard InChI is InChI=1S/C25H36O4/c1-7-22(26)28-17(4)29-23(27)25(6)14-8-13-24(5)20-11-9-18(16(2)3)15-19(20)10-12-21(24)25/h7,10,15-17,20-21H,1,8-9,11-14H2,2-6H3/t17?,20-,21+,24+,25+/m0/s1. The van der Waals surface area contributed by atoms with E-state index >= 15 is 0 Å². The minimum Gasteiger partial charge on any atom is -0.425 e. The van der Waals surface area contributed by atoms with E-state index in [-0.39, 0.29) is 17.3 Å². The fourth-order valence-electron chi connectivity index (χ4n) is 6.11. The van der Waals surface area contributed by atoms with Crippen LogP contribution in [0.3, 0.4) is 0 Å². The van der Waals surface area contributed by atoms with Crippen LogP contribution < -0.4 is 0 Å². The summed E-state index contributed by atoms with van der Waals surface area (Å²) in [7, 11) is 0. The predicted molar refractivity (Wildman–Crippen MR) is 114 cm³/mol. The number of hydrogen-bond donors (Lipinski definition) is 0. The van der Waals surface area contributed by atoms with Gasteiger partial charge in [0.1, 0.15) is 0 Å². The first-order valence-electron chi connectivity index (χ1n) is 11.1. The molecule has 3 aliphatic rings. The highest BCUT2D eigenvalue weighted by molar-refractivity contribution is 5.81. The Morgan fingerprint density at radius 1 is 1.21 bits per heavy atom. The van der Waals surface area contributed by atoms with Gasteiger partial charge in [-0.2, -0.15) is 0 Å². The molecule has 1 unspecified atom stereocenters. The Bertz CT molecular complexity index is 746. The summed E-state index contributed by atoms with van der Waals surface area (Å²) in [6, 6.07) is 0. The molecule has 0 bridgehead atoms. The number of esters is 2. The van der Waals surface area contributed by atoms with Crippen molar-refractivity contribution in [3.8, 4) is 0 Å². The number of allylic oxidation sites excluding steroid dienone is 4. The summed E-state index contributed by atoms with van der Waals surface area (Å²) < 4.78 is 10.6. The van der Waals surface area contributed by atoms with Crippen LogP contribution in [-0.2, 0) is 19.1 Å². The monoisotopic (exact) mass is 400 g/mol. The lowest BCUT2D eigenvalue weighted by Crippen LogP contribution is -2.53. The fraction of sp³-hybridized carbons (Fsp3) is 0.680. The second-order valence-electron chi connectivity index (χ2n) is 9.85. The van der Waals surface area contributed by atoms with Gasteiger partial charge in [0.05, 0.1) is 5.41 Å². The largest absolute Gasteiger partial charge is 0.425 e. The van der Waals surface area contributed by atoms with E-state index in [0.717, 1.165) is 38.2 Å². The Balaban J connectivity index is 1.84. The molecule has 1 saturated carbocycles.